The first kappa shape index (κ1) is 18.7. The maximum Gasteiger partial charge on any atom is 0.358 e. The van der Waals surface area contributed by atoms with Gasteiger partial charge in [-0.25, -0.2) is 9.78 Å². The van der Waals surface area contributed by atoms with Crippen LogP contribution in [0.2, 0.25) is 0 Å². The van der Waals surface area contributed by atoms with Gasteiger partial charge >= 0.3 is 5.97 Å². The van der Waals surface area contributed by atoms with Crippen LogP contribution in [0.1, 0.15) is 28.1 Å². The van der Waals surface area contributed by atoms with Crippen molar-refractivity contribution in [3.05, 3.63) is 33.9 Å². The fraction of sp³-hybridized carbons (Fsp3) is 0.529. The second kappa shape index (κ2) is 9.02. The molecule has 8 nitrogen and oxygen atoms in total. The van der Waals surface area contributed by atoms with Gasteiger partial charge in [0, 0.05) is 25.5 Å². The number of hydrogen-bond acceptors (Lipinski definition) is 9. The van der Waals surface area contributed by atoms with Crippen molar-refractivity contribution in [2.24, 2.45) is 0 Å². The fourth-order valence-corrected chi connectivity index (χ4v) is 3.44. The first-order valence-electron chi connectivity index (χ1n) is 8.61. The number of hydrogen-bond donors (Lipinski definition) is 0. The molecule has 1 fully saturated rings. The van der Waals surface area contributed by atoms with E-state index in [4.69, 9.17) is 14.5 Å². The Balaban J connectivity index is 1.56. The highest BCUT2D eigenvalue weighted by Gasteiger charge is 2.14. The van der Waals surface area contributed by atoms with Crippen molar-refractivity contribution < 1.29 is 14.3 Å². The Bertz CT molecular complexity index is 715. The Kier molecular flexibility index (Phi) is 6.48. The van der Waals surface area contributed by atoms with E-state index < -0.39 is 5.97 Å². The Morgan fingerprint density at radius 1 is 1.35 bits per heavy atom. The second-order valence-electron chi connectivity index (χ2n) is 5.97. The molecule has 0 bridgehead atoms. The zero-order valence-electron chi connectivity index (χ0n) is 15.1. The summed E-state index contributed by atoms with van der Waals surface area (Å²) in [5.41, 5.74) is 1.21. The predicted octanol–water partition coefficient (Wildman–Crippen LogP) is 1.58. The van der Waals surface area contributed by atoms with Crippen LogP contribution in [0.3, 0.4) is 0 Å². The molecular weight excluding hydrogens is 354 g/mol. The van der Waals surface area contributed by atoms with Gasteiger partial charge in [-0.3, -0.25) is 4.90 Å². The molecule has 0 aliphatic carbocycles. The van der Waals surface area contributed by atoms with Crippen LogP contribution in [-0.4, -0.2) is 66.0 Å². The summed E-state index contributed by atoms with van der Waals surface area (Å²) in [6.07, 6.45) is 0. The van der Waals surface area contributed by atoms with E-state index in [9.17, 15) is 4.79 Å². The summed E-state index contributed by atoms with van der Waals surface area (Å²) < 4.78 is 10.3. The first-order valence-corrected chi connectivity index (χ1v) is 9.49. The Morgan fingerprint density at radius 2 is 2.15 bits per heavy atom. The molecule has 1 aliphatic heterocycles. The van der Waals surface area contributed by atoms with Crippen molar-refractivity contribution >= 4 is 23.1 Å². The Labute approximate surface area is 156 Å². The third-order valence-corrected chi connectivity index (χ3v) is 4.87. The quantitative estimate of drug-likeness (QED) is 0.673. The molecule has 0 N–H and O–H groups in total. The third kappa shape index (κ3) is 4.96. The molecule has 0 amide bonds. The number of carbonyl (C=O) groups excluding carboxylic acids is 1. The monoisotopic (exact) mass is 377 g/mol. The van der Waals surface area contributed by atoms with Crippen molar-refractivity contribution in [1.82, 2.24) is 20.1 Å². The molecule has 0 unspecified atom stereocenters. The molecule has 140 valence electrons. The molecule has 0 saturated carbocycles. The van der Waals surface area contributed by atoms with Crippen LogP contribution >= 0.6 is 11.3 Å². The van der Waals surface area contributed by atoms with Crippen molar-refractivity contribution in [1.29, 1.82) is 0 Å². The minimum Gasteiger partial charge on any atom is -0.461 e. The zero-order chi connectivity index (χ0) is 18.4. The van der Waals surface area contributed by atoms with E-state index in [2.05, 4.69) is 20.5 Å². The number of ether oxygens (including phenoxy) is 2. The summed E-state index contributed by atoms with van der Waals surface area (Å²) in [7, 11) is 1.93. The van der Waals surface area contributed by atoms with Gasteiger partial charge in [-0.15, -0.1) is 21.5 Å². The fourth-order valence-electron chi connectivity index (χ4n) is 2.61. The lowest BCUT2D eigenvalue weighted by Gasteiger charge is -2.25. The summed E-state index contributed by atoms with van der Waals surface area (Å²) in [6, 6.07) is 3.39. The van der Waals surface area contributed by atoms with Gasteiger partial charge in [-0.2, -0.15) is 0 Å². The lowest BCUT2D eigenvalue weighted by atomic mass is 10.3. The minimum absolute atomic E-state index is 0.213. The van der Waals surface area contributed by atoms with Crippen LogP contribution in [0.5, 0.6) is 0 Å². The topological polar surface area (TPSA) is 80.7 Å². The average Bonchev–Trinajstić information content (AvgIpc) is 3.09. The van der Waals surface area contributed by atoms with Gasteiger partial charge in [0.1, 0.15) is 5.01 Å². The van der Waals surface area contributed by atoms with E-state index in [1.807, 2.05) is 11.9 Å². The smallest absolute Gasteiger partial charge is 0.358 e. The largest absolute Gasteiger partial charge is 0.461 e. The predicted molar refractivity (Wildman–Crippen MR) is 98.3 cm³/mol. The number of rotatable bonds is 7. The standard InChI is InChI=1S/C17H23N5O3S/c1-3-25-17(23)14-4-5-15(20-19-14)21(2)10-13-12-26-16(18-13)11-22-6-8-24-9-7-22/h4-5,12H,3,6-11H2,1-2H3. The minimum atomic E-state index is -0.457. The molecule has 0 radical (unpaired) electrons. The molecule has 26 heavy (non-hydrogen) atoms. The number of nitrogens with zero attached hydrogens (tertiary/aromatic N) is 5. The van der Waals surface area contributed by atoms with E-state index in [0.29, 0.717) is 19.0 Å². The van der Waals surface area contributed by atoms with Gasteiger partial charge in [0.05, 0.1) is 38.6 Å². The highest BCUT2D eigenvalue weighted by Crippen LogP contribution is 2.17. The maximum atomic E-state index is 11.6. The Hall–Kier alpha value is -2.10. The SMILES string of the molecule is CCOC(=O)c1ccc(N(C)Cc2csc(CN3CCOCC3)n2)nn1. The molecule has 2 aromatic rings. The van der Waals surface area contributed by atoms with Crippen molar-refractivity contribution in [2.75, 3.05) is 44.9 Å². The van der Waals surface area contributed by atoms with Gasteiger partial charge in [0.15, 0.2) is 11.5 Å². The molecule has 3 heterocycles. The first-order chi connectivity index (χ1) is 12.7. The molecule has 0 spiro atoms. The number of aromatic nitrogens is 3. The van der Waals surface area contributed by atoms with E-state index in [-0.39, 0.29) is 5.69 Å². The van der Waals surface area contributed by atoms with Crippen LogP contribution < -0.4 is 4.90 Å². The van der Waals surface area contributed by atoms with Crippen LogP contribution in [0, 0.1) is 0 Å². The number of carbonyl (C=O) groups is 1. The van der Waals surface area contributed by atoms with Crippen molar-refractivity contribution in [3.8, 4) is 0 Å². The number of morpholine rings is 1. The van der Waals surface area contributed by atoms with E-state index in [0.717, 1.165) is 43.5 Å². The lowest BCUT2D eigenvalue weighted by molar-refractivity contribution is 0.0341. The Morgan fingerprint density at radius 3 is 2.85 bits per heavy atom. The lowest BCUT2D eigenvalue weighted by Crippen LogP contribution is -2.35. The molecule has 9 heteroatoms. The summed E-state index contributed by atoms with van der Waals surface area (Å²) in [5, 5.41) is 11.2. The van der Waals surface area contributed by atoms with Crippen molar-refractivity contribution in [2.45, 2.75) is 20.0 Å². The van der Waals surface area contributed by atoms with Crippen molar-refractivity contribution in [3.63, 3.8) is 0 Å². The normalized spacial score (nSPS) is 15.0. The van der Waals surface area contributed by atoms with Gasteiger partial charge in [-0.1, -0.05) is 0 Å². The molecule has 0 atom stereocenters. The molecule has 1 aliphatic rings. The number of esters is 1. The van der Waals surface area contributed by atoms with Gasteiger partial charge in [-0.05, 0) is 19.1 Å². The zero-order valence-corrected chi connectivity index (χ0v) is 15.9. The summed E-state index contributed by atoms with van der Waals surface area (Å²) >= 11 is 1.67. The van der Waals surface area contributed by atoms with Crippen LogP contribution in [0.25, 0.3) is 0 Å². The van der Waals surface area contributed by atoms with Crippen LogP contribution in [0.15, 0.2) is 17.5 Å². The second-order valence-corrected chi connectivity index (χ2v) is 6.92. The van der Waals surface area contributed by atoms with E-state index in [1.54, 1.807) is 30.4 Å². The van der Waals surface area contributed by atoms with Gasteiger partial charge in [0.25, 0.3) is 0 Å². The number of anilines is 1. The van der Waals surface area contributed by atoms with Crippen LogP contribution in [-0.2, 0) is 22.6 Å². The molecule has 1 saturated heterocycles. The average molecular weight is 377 g/mol. The summed E-state index contributed by atoms with van der Waals surface area (Å²) in [6.45, 7) is 7.07. The van der Waals surface area contributed by atoms with Crippen LogP contribution in [0.4, 0.5) is 5.82 Å². The molecule has 2 aromatic heterocycles. The highest BCUT2D eigenvalue weighted by atomic mass is 32.1. The van der Waals surface area contributed by atoms with Gasteiger partial charge < -0.3 is 14.4 Å². The van der Waals surface area contributed by atoms with E-state index in [1.165, 1.54) is 0 Å². The highest BCUT2D eigenvalue weighted by molar-refractivity contribution is 7.09. The molecule has 0 aromatic carbocycles. The third-order valence-electron chi connectivity index (χ3n) is 3.99. The maximum absolute atomic E-state index is 11.6. The number of thiazole rings is 1. The molecular formula is C17H23N5O3S. The summed E-state index contributed by atoms with van der Waals surface area (Å²) in [4.78, 5) is 20.6. The summed E-state index contributed by atoms with van der Waals surface area (Å²) in [5.74, 6) is 0.224. The van der Waals surface area contributed by atoms with Gasteiger partial charge in [0.2, 0.25) is 0 Å². The van der Waals surface area contributed by atoms with E-state index >= 15 is 0 Å². The molecule has 3 rings (SSSR count).